The largest absolute Gasteiger partial charge is 0.319 e. The van der Waals surface area contributed by atoms with E-state index in [2.05, 4.69) is 33.5 Å². The molecule has 0 saturated carbocycles. The second-order valence-corrected chi connectivity index (χ2v) is 7.78. The summed E-state index contributed by atoms with van der Waals surface area (Å²) in [4.78, 5) is 16.5. The third-order valence-corrected chi connectivity index (χ3v) is 6.09. The molecule has 0 aliphatic carbocycles. The lowest BCUT2D eigenvalue weighted by Crippen LogP contribution is -2.48. The molecule has 1 spiro atoms. The lowest BCUT2D eigenvalue weighted by Gasteiger charge is -2.47. The first kappa shape index (κ1) is 15.9. The molecule has 2 fully saturated rings. The smallest absolute Gasteiger partial charge is 0.151 e. The number of aromatic nitrogens is 1. The molecule has 24 heavy (non-hydrogen) atoms. The van der Waals surface area contributed by atoms with Gasteiger partial charge in [-0.05, 0) is 76.0 Å². The topological polar surface area (TPSA) is 28.0 Å². The molecule has 0 radical (unpaired) electrons. The minimum Gasteiger partial charge on any atom is -0.319 e. The zero-order chi connectivity index (χ0) is 16.6. The first-order valence-corrected chi connectivity index (χ1v) is 9.14. The number of likely N-dealkylation sites (tertiary alicyclic amines) is 2. The normalized spacial score (nSPS) is 22.2. The summed E-state index contributed by atoms with van der Waals surface area (Å²) in [6.07, 6.45) is 8.38. The Kier molecular flexibility index (Phi) is 4.19. The van der Waals surface area contributed by atoms with E-state index in [1.54, 1.807) is 0 Å². The molecule has 2 aliphatic heterocycles. The highest BCUT2D eigenvalue weighted by Gasteiger charge is 2.37. The Morgan fingerprint density at radius 2 is 2.00 bits per heavy atom. The van der Waals surface area contributed by atoms with E-state index in [-0.39, 0.29) is 0 Å². The lowest BCUT2D eigenvalue weighted by atomic mass is 9.72. The Balaban J connectivity index is 1.49. The Hall–Kier alpha value is -1.65. The van der Waals surface area contributed by atoms with Crippen LogP contribution in [0, 0.1) is 5.41 Å². The molecule has 0 amide bonds. The van der Waals surface area contributed by atoms with Crippen molar-refractivity contribution < 1.29 is 4.79 Å². The molecule has 128 valence electrons. The number of carbonyl (C=O) groups excluding carboxylic acids is 1. The number of hydrogen-bond donors (Lipinski definition) is 0. The van der Waals surface area contributed by atoms with Crippen molar-refractivity contribution in [2.75, 3.05) is 33.2 Å². The van der Waals surface area contributed by atoms with Crippen LogP contribution in [0.3, 0.4) is 0 Å². The van der Waals surface area contributed by atoms with Crippen LogP contribution < -0.4 is 0 Å². The van der Waals surface area contributed by atoms with Crippen molar-refractivity contribution in [1.29, 1.82) is 0 Å². The molecule has 0 unspecified atom stereocenters. The molecule has 0 N–H and O–H groups in total. The van der Waals surface area contributed by atoms with Crippen LogP contribution in [0.1, 0.15) is 41.7 Å². The second kappa shape index (κ2) is 6.34. The van der Waals surface area contributed by atoms with Crippen LogP contribution in [0.4, 0.5) is 0 Å². The maximum atomic E-state index is 11.5. The quantitative estimate of drug-likeness (QED) is 0.812. The molecule has 4 heterocycles. The predicted molar refractivity (Wildman–Crippen MR) is 96.5 cm³/mol. The van der Waals surface area contributed by atoms with Gasteiger partial charge in [-0.15, -0.1) is 0 Å². The first-order chi connectivity index (χ1) is 11.7. The fourth-order valence-corrected chi connectivity index (χ4v) is 4.73. The summed E-state index contributed by atoms with van der Waals surface area (Å²) >= 11 is 0. The van der Waals surface area contributed by atoms with Crippen LogP contribution in [0.5, 0.6) is 0 Å². The molecule has 0 aromatic carbocycles. The van der Waals surface area contributed by atoms with Gasteiger partial charge in [0.1, 0.15) is 0 Å². The Morgan fingerprint density at radius 1 is 1.17 bits per heavy atom. The van der Waals surface area contributed by atoms with Gasteiger partial charge in [0.15, 0.2) is 6.29 Å². The van der Waals surface area contributed by atoms with E-state index in [0.29, 0.717) is 5.41 Å². The van der Waals surface area contributed by atoms with Crippen molar-refractivity contribution in [3.8, 4) is 0 Å². The zero-order valence-electron chi connectivity index (χ0n) is 14.6. The third-order valence-electron chi connectivity index (χ3n) is 6.09. The van der Waals surface area contributed by atoms with E-state index in [1.165, 1.54) is 38.8 Å². The zero-order valence-corrected chi connectivity index (χ0v) is 14.6. The Labute approximate surface area is 144 Å². The van der Waals surface area contributed by atoms with Crippen molar-refractivity contribution in [3.05, 3.63) is 41.7 Å². The maximum Gasteiger partial charge on any atom is 0.151 e. The van der Waals surface area contributed by atoms with E-state index in [1.807, 2.05) is 18.2 Å². The van der Waals surface area contributed by atoms with Crippen molar-refractivity contribution >= 4 is 11.8 Å². The van der Waals surface area contributed by atoms with Crippen LogP contribution in [-0.2, 0) is 6.54 Å². The number of piperidine rings is 2. The number of fused-ring (bicyclic) bond motifs is 1. The summed E-state index contributed by atoms with van der Waals surface area (Å²) in [5.41, 5.74) is 3.62. The predicted octanol–water partition coefficient (Wildman–Crippen LogP) is 3.06. The molecule has 4 nitrogen and oxygen atoms in total. The van der Waals surface area contributed by atoms with Crippen LogP contribution >= 0.6 is 0 Å². The van der Waals surface area contributed by atoms with Gasteiger partial charge in [-0.1, -0.05) is 6.07 Å². The number of rotatable bonds is 3. The van der Waals surface area contributed by atoms with Crippen molar-refractivity contribution in [2.45, 2.75) is 32.2 Å². The summed E-state index contributed by atoms with van der Waals surface area (Å²) in [6.45, 7) is 5.68. The standard InChI is InChI=1S/C20H27N3O/c1-21-9-4-6-20(16-21)7-11-22(12-8-20)14-19-17(15-24)13-18-5-2-3-10-23(18)19/h2-3,5,10,13,15H,4,6-9,11-12,14,16H2,1H3. The molecular weight excluding hydrogens is 298 g/mol. The van der Waals surface area contributed by atoms with Gasteiger partial charge in [0.05, 0.1) is 0 Å². The molecule has 0 bridgehead atoms. The summed E-state index contributed by atoms with van der Waals surface area (Å²) in [6, 6.07) is 8.13. The number of nitrogens with zero attached hydrogens (tertiary/aromatic N) is 3. The average Bonchev–Trinajstić information content (AvgIpc) is 2.95. The molecule has 4 rings (SSSR count). The number of pyridine rings is 1. The van der Waals surface area contributed by atoms with Gasteiger partial charge in [0.25, 0.3) is 0 Å². The van der Waals surface area contributed by atoms with Gasteiger partial charge in [0.2, 0.25) is 0 Å². The van der Waals surface area contributed by atoms with Gasteiger partial charge in [-0.25, -0.2) is 0 Å². The van der Waals surface area contributed by atoms with Crippen LogP contribution in [0.15, 0.2) is 30.5 Å². The Bertz CT molecular complexity index is 728. The van der Waals surface area contributed by atoms with Crippen LogP contribution in [-0.4, -0.2) is 53.7 Å². The summed E-state index contributed by atoms with van der Waals surface area (Å²) < 4.78 is 2.17. The van der Waals surface area contributed by atoms with Gasteiger partial charge in [-0.3, -0.25) is 9.69 Å². The first-order valence-electron chi connectivity index (χ1n) is 9.14. The number of carbonyl (C=O) groups is 1. The third kappa shape index (κ3) is 2.89. The van der Waals surface area contributed by atoms with Gasteiger partial charge < -0.3 is 9.30 Å². The Morgan fingerprint density at radius 3 is 2.75 bits per heavy atom. The lowest BCUT2D eigenvalue weighted by molar-refractivity contribution is 0.0312. The van der Waals surface area contributed by atoms with E-state index in [4.69, 9.17) is 0 Å². The van der Waals surface area contributed by atoms with Crippen molar-refractivity contribution in [2.24, 2.45) is 5.41 Å². The highest BCUT2D eigenvalue weighted by molar-refractivity contribution is 5.80. The molecule has 4 heteroatoms. The molecule has 2 saturated heterocycles. The number of aldehydes is 1. The van der Waals surface area contributed by atoms with E-state index in [9.17, 15) is 4.79 Å². The maximum absolute atomic E-state index is 11.5. The van der Waals surface area contributed by atoms with Gasteiger partial charge in [-0.2, -0.15) is 0 Å². The average molecular weight is 325 g/mol. The van der Waals surface area contributed by atoms with E-state index >= 15 is 0 Å². The van der Waals surface area contributed by atoms with Gasteiger partial charge >= 0.3 is 0 Å². The SMILES string of the molecule is CN1CCCC2(CCN(Cc3c(C=O)cc4ccccn34)CC2)C1. The second-order valence-electron chi connectivity index (χ2n) is 7.78. The molecule has 2 aromatic heterocycles. The van der Waals surface area contributed by atoms with Crippen molar-refractivity contribution in [1.82, 2.24) is 14.2 Å². The minimum absolute atomic E-state index is 0.540. The van der Waals surface area contributed by atoms with Crippen molar-refractivity contribution in [3.63, 3.8) is 0 Å². The fraction of sp³-hybridized carbons (Fsp3) is 0.550. The van der Waals surface area contributed by atoms with Crippen LogP contribution in [0.25, 0.3) is 5.52 Å². The highest BCUT2D eigenvalue weighted by atomic mass is 16.1. The summed E-state index contributed by atoms with van der Waals surface area (Å²) in [5, 5.41) is 0. The van der Waals surface area contributed by atoms with E-state index < -0.39 is 0 Å². The number of hydrogen-bond acceptors (Lipinski definition) is 3. The minimum atomic E-state index is 0.540. The molecule has 2 aromatic rings. The highest BCUT2D eigenvalue weighted by Crippen LogP contribution is 2.39. The summed E-state index contributed by atoms with van der Waals surface area (Å²) in [7, 11) is 2.26. The van der Waals surface area contributed by atoms with Crippen LogP contribution in [0.2, 0.25) is 0 Å². The van der Waals surface area contributed by atoms with Gasteiger partial charge in [0, 0.05) is 36.1 Å². The molecule has 2 aliphatic rings. The van der Waals surface area contributed by atoms with E-state index in [0.717, 1.165) is 42.7 Å². The fourth-order valence-electron chi connectivity index (χ4n) is 4.73. The molecule has 0 atom stereocenters. The molecular formula is C20H27N3O. The monoisotopic (exact) mass is 325 g/mol. The summed E-state index contributed by atoms with van der Waals surface area (Å²) in [5.74, 6) is 0.